The minimum Gasteiger partial charge on any atom is -0.481 e. The fourth-order valence-corrected chi connectivity index (χ4v) is 2.04. The second-order valence-electron chi connectivity index (χ2n) is 5.13. The van der Waals surface area contributed by atoms with E-state index in [1.54, 1.807) is 18.9 Å². The molecule has 0 saturated carbocycles. The van der Waals surface area contributed by atoms with Crippen LogP contribution in [-0.4, -0.2) is 54.9 Å². The summed E-state index contributed by atoms with van der Waals surface area (Å²) in [5.74, 6) is -1.15. The van der Waals surface area contributed by atoms with E-state index in [0.717, 1.165) is 19.4 Å². The molecule has 0 bridgehead atoms. The monoisotopic (exact) mass is 272 g/mol. The zero-order valence-electron chi connectivity index (χ0n) is 11.7. The molecule has 0 spiro atoms. The summed E-state index contributed by atoms with van der Waals surface area (Å²) in [6.45, 7) is 3.57. The zero-order chi connectivity index (χ0) is 14.3. The number of hydrogen-bond acceptors (Lipinski definition) is 3. The predicted molar refractivity (Wildman–Crippen MR) is 71.0 cm³/mol. The first-order valence-electron chi connectivity index (χ1n) is 6.84. The van der Waals surface area contributed by atoms with Crippen molar-refractivity contribution in [1.29, 1.82) is 0 Å². The molecule has 110 valence electrons. The number of nitrogens with zero attached hydrogens (tertiary/aromatic N) is 1. The smallest absolute Gasteiger partial charge is 0.317 e. The number of carbonyl (C=O) groups is 2. The molecule has 6 nitrogen and oxygen atoms in total. The van der Waals surface area contributed by atoms with Gasteiger partial charge >= 0.3 is 12.0 Å². The van der Waals surface area contributed by atoms with E-state index in [1.807, 2.05) is 0 Å². The van der Waals surface area contributed by atoms with Crippen molar-refractivity contribution in [2.45, 2.75) is 38.7 Å². The number of nitrogens with one attached hydrogen (secondary N) is 1. The van der Waals surface area contributed by atoms with E-state index in [9.17, 15) is 9.59 Å². The van der Waals surface area contributed by atoms with Crippen molar-refractivity contribution < 1.29 is 19.4 Å². The Labute approximate surface area is 114 Å². The summed E-state index contributed by atoms with van der Waals surface area (Å²) >= 11 is 0. The minimum atomic E-state index is -0.790. The normalized spacial score (nSPS) is 20.0. The lowest BCUT2D eigenvalue weighted by atomic mass is 10.1. The molecule has 1 fully saturated rings. The van der Waals surface area contributed by atoms with E-state index in [4.69, 9.17) is 9.84 Å². The summed E-state index contributed by atoms with van der Waals surface area (Å²) < 4.78 is 5.47. The van der Waals surface area contributed by atoms with Crippen molar-refractivity contribution in [2.75, 3.05) is 26.7 Å². The van der Waals surface area contributed by atoms with Gasteiger partial charge in [-0.3, -0.25) is 4.79 Å². The van der Waals surface area contributed by atoms with E-state index in [1.165, 1.54) is 0 Å². The van der Waals surface area contributed by atoms with Gasteiger partial charge in [-0.05, 0) is 25.7 Å². The Hall–Kier alpha value is -1.30. The van der Waals surface area contributed by atoms with E-state index in [0.29, 0.717) is 25.9 Å². The number of hydrogen-bond donors (Lipinski definition) is 2. The third-order valence-corrected chi connectivity index (χ3v) is 3.36. The van der Waals surface area contributed by atoms with Crippen molar-refractivity contribution >= 4 is 12.0 Å². The highest BCUT2D eigenvalue weighted by Crippen LogP contribution is 2.12. The highest BCUT2D eigenvalue weighted by atomic mass is 16.5. The summed E-state index contributed by atoms with van der Waals surface area (Å²) in [6, 6.07) is -0.126. The standard InChI is InChI=1S/C13H24N2O4/c1-10(12(16)17)5-3-7-14-13(18)15(2)9-11-6-4-8-19-11/h10-11H,3-9H2,1-2H3,(H,14,18)(H,16,17). The maximum absolute atomic E-state index is 11.8. The van der Waals surface area contributed by atoms with Gasteiger partial charge in [-0.2, -0.15) is 0 Å². The van der Waals surface area contributed by atoms with Gasteiger partial charge in [-0.25, -0.2) is 4.79 Å². The molecule has 2 N–H and O–H groups in total. The maximum Gasteiger partial charge on any atom is 0.317 e. The van der Waals surface area contributed by atoms with Crippen LogP contribution in [-0.2, 0) is 9.53 Å². The number of carbonyl (C=O) groups excluding carboxylic acids is 1. The third-order valence-electron chi connectivity index (χ3n) is 3.36. The number of ether oxygens (including phenoxy) is 1. The molecule has 0 aliphatic carbocycles. The summed E-state index contributed by atoms with van der Waals surface area (Å²) in [6.07, 6.45) is 3.47. The fourth-order valence-electron chi connectivity index (χ4n) is 2.04. The summed E-state index contributed by atoms with van der Waals surface area (Å²) in [5, 5.41) is 11.5. The van der Waals surface area contributed by atoms with E-state index < -0.39 is 5.97 Å². The van der Waals surface area contributed by atoms with E-state index in [-0.39, 0.29) is 18.1 Å². The average Bonchev–Trinajstić information content (AvgIpc) is 2.86. The molecule has 0 aromatic carbocycles. The van der Waals surface area contributed by atoms with Crippen molar-refractivity contribution in [2.24, 2.45) is 5.92 Å². The average molecular weight is 272 g/mol. The second kappa shape index (κ2) is 7.99. The molecule has 2 unspecified atom stereocenters. The Balaban J connectivity index is 2.10. The number of likely N-dealkylation sites (N-methyl/N-ethyl adjacent to an activating group) is 1. The SMILES string of the molecule is CC(CCCNC(=O)N(C)CC1CCCO1)C(=O)O. The molecule has 0 radical (unpaired) electrons. The highest BCUT2D eigenvalue weighted by Gasteiger charge is 2.19. The first-order chi connectivity index (χ1) is 9.00. The summed E-state index contributed by atoms with van der Waals surface area (Å²) in [7, 11) is 1.75. The molecule has 2 atom stereocenters. The number of carboxylic acids is 1. The molecule has 1 heterocycles. The van der Waals surface area contributed by atoms with Crippen LogP contribution in [0.25, 0.3) is 0 Å². The number of carboxylic acid groups (broad SMARTS) is 1. The third kappa shape index (κ3) is 5.92. The Morgan fingerprint density at radius 3 is 2.84 bits per heavy atom. The lowest BCUT2D eigenvalue weighted by Gasteiger charge is -2.21. The highest BCUT2D eigenvalue weighted by molar-refractivity contribution is 5.73. The van der Waals surface area contributed by atoms with Crippen molar-refractivity contribution in [3.63, 3.8) is 0 Å². The van der Waals surface area contributed by atoms with Gasteiger partial charge in [0.15, 0.2) is 0 Å². The second-order valence-corrected chi connectivity index (χ2v) is 5.13. The first-order valence-corrected chi connectivity index (χ1v) is 6.84. The lowest BCUT2D eigenvalue weighted by molar-refractivity contribution is -0.141. The van der Waals surface area contributed by atoms with Crippen molar-refractivity contribution in [3.05, 3.63) is 0 Å². The topological polar surface area (TPSA) is 78.9 Å². The van der Waals surface area contributed by atoms with Crippen LogP contribution in [0.4, 0.5) is 4.79 Å². The molecular formula is C13H24N2O4. The van der Waals surface area contributed by atoms with Gasteiger partial charge in [-0.1, -0.05) is 6.92 Å². The molecule has 0 aromatic rings. The maximum atomic E-state index is 11.8. The van der Waals surface area contributed by atoms with Crippen LogP contribution < -0.4 is 5.32 Å². The number of urea groups is 1. The number of rotatable bonds is 7. The Bertz CT molecular complexity index is 303. The van der Waals surface area contributed by atoms with Gasteiger partial charge in [0.1, 0.15) is 0 Å². The summed E-state index contributed by atoms with van der Waals surface area (Å²) in [5.41, 5.74) is 0. The van der Waals surface area contributed by atoms with Crippen LogP contribution in [0.3, 0.4) is 0 Å². The van der Waals surface area contributed by atoms with Crippen LogP contribution in [0.2, 0.25) is 0 Å². The van der Waals surface area contributed by atoms with E-state index in [2.05, 4.69) is 5.32 Å². The molecule has 1 aliphatic rings. The van der Waals surface area contributed by atoms with Crippen LogP contribution in [0.5, 0.6) is 0 Å². The molecule has 19 heavy (non-hydrogen) atoms. The van der Waals surface area contributed by atoms with Crippen LogP contribution >= 0.6 is 0 Å². The van der Waals surface area contributed by atoms with Gasteiger partial charge < -0.3 is 20.1 Å². The molecule has 6 heteroatoms. The Morgan fingerprint density at radius 1 is 1.53 bits per heavy atom. The molecule has 1 saturated heterocycles. The molecule has 0 aromatic heterocycles. The lowest BCUT2D eigenvalue weighted by Crippen LogP contribution is -2.41. The van der Waals surface area contributed by atoms with Gasteiger partial charge in [-0.15, -0.1) is 0 Å². The van der Waals surface area contributed by atoms with Gasteiger partial charge in [0.25, 0.3) is 0 Å². The quantitative estimate of drug-likeness (QED) is 0.685. The van der Waals surface area contributed by atoms with Crippen molar-refractivity contribution in [1.82, 2.24) is 10.2 Å². The largest absolute Gasteiger partial charge is 0.481 e. The molecule has 1 aliphatic heterocycles. The van der Waals surface area contributed by atoms with E-state index >= 15 is 0 Å². The van der Waals surface area contributed by atoms with Gasteiger partial charge in [0.2, 0.25) is 0 Å². The molecule has 1 rings (SSSR count). The fraction of sp³-hybridized carbons (Fsp3) is 0.846. The first kappa shape index (κ1) is 15.8. The summed E-state index contributed by atoms with van der Waals surface area (Å²) in [4.78, 5) is 24.0. The van der Waals surface area contributed by atoms with Gasteiger partial charge in [0.05, 0.1) is 12.0 Å². The number of aliphatic carboxylic acids is 1. The zero-order valence-corrected chi connectivity index (χ0v) is 11.7. The predicted octanol–water partition coefficient (Wildman–Crippen LogP) is 1.31. The minimum absolute atomic E-state index is 0.126. The Morgan fingerprint density at radius 2 is 2.26 bits per heavy atom. The van der Waals surface area contributed by atoms with Gasteiger partial charge in [0, 0.05) is 26.7 Å². The molecular weight excluding hydrogens is 248 g/mol. The molecule has 2 amide bonds. The van der Waals surface area contributed by atoms with Crippen molar-refractivity contribution in [3.8, 4) is 0 Å². The van der Waals surface area contributed by atoms with Crippen LogP contribution in [0.15, 0.2) is 0 Å². The van der Waals surface area contributed by atoms with Crippen LogP contribution in [0, 0.1) is 5.92 Å². The Kier molecular flexibility index (Phi) is 6.62. The van der Waals surface area contributed by atoms with Crippen LogP contribution in [0.1, 0.15) is 32.6 Å². The number of amides is 2.